The Balaban J connectivity index is 1.78. The lowest BCUT2D eigenvalue weighted by molar-refractivity contribution is -0.166. The minimum atomic E-state index is -0.450. The summed E-state index contributed by atoms with van der Waals surface area (Å²) in [7, 11) is 0. The summed E-state index contributed by atoms with van der Waals surface area (Å²) < 4.78 is 11.7. The third-order valence-electron chi connectivity index (χ3n) is 4.86. The number of hydrogen-bond donors (Lipinski definition) is 0. The Labute approximate surface area is 158 Å². The summed E-state index contributed by atoms with van der Waals surface area (Å²) in [6.45, 7) is 6.21. The summed E-state index contributed by atoms with van der Waals surface area (Å²) in [5, 5.41) is 0. The van der Waals surface area contributed by atoms with Crippen molar-refractivity contribution >= 4 is 27.9 Å². The Kier molecular flexibility index (Phi) is 7.48. The molecule has 1 aliphatic rings. The molecule has 3 atom stereocenters. The standard InChI is InChI=1S/C20H27BrO4/c1-13(2)17-9-4-14(3)10-18(17)25-20(23)12-24-19(22)11-15-5-7-16(21)8-6-15/h5-8,13-14,17-18H,4,9-12H2,1-3H3. The molecule has 138 valence electrons. The van der Waals surface area contributed by atoms with Crippen LogP contribution < -0.4 is 0 Å². The second-order valence-electron chi connectivity index (χ2n) is 7.32. The van der Waals surface area contributed by atoms with Gasteiger partial charge in [-0.2, -0.15) is 0 Å². The van der Waals surface area contributed by atoms with E-state index in [-0.39, 0.29) is 19.1 Å². The Bertz CT molecular complexity index is 582. The Morgan fingerprint density at radius 2 is 1.84 bits per heavy atom. The zero-order chi connectivity index (χ0) is 18.4. The van der Waals surface area contributed by atoms with Gasteiger partial charge in [0.1, 0.15) is 6.10 Å². The molecular formula is C20H27BrO4. The van der Waals surface area contributed by atoms with Gasteiger partial charge >= 0.3 is 11.9 Å². The lowest BCUT2D eigenvalue weighted by Crippen LogP contribution is -2.36. The average molecular weight is 411 g/mol. The highest BCUT2D eigenvalue weighted by Crippen LogP contribution is 2.35. The maximum atomic E-state index is 12.1. The maximum Gasteiger partial charge on any atom is 0.344 e. The number of halogens is 1. The van der Waals surface area contributed by atoms with Crippen molar-refractivity contribution in [2.24, 2.45) is 17.8 Å². The van der Waals surface area contributed by atoms with E-state index in [9.17, 15) is 9.59 Å². The number of rotatable bonds is 6. The first kappa shape index (κ1) is 20.0. The van der Waals surface area contributed by atoms with Crippen LogP contribution >= 0.6 is 15.9 Å². The van der Waals surface area contributed by atoms with Crippen molar-refractivity contribution in [1.82, 2.24) is 0 Å². The second kappa shape index (κ2) is 9.37. The molecule has 2 rings (SSSR count). The first-order valence-electron chi connectivity index (χ1n) is 8.94. The Morgan fingerprint density at radius 1 is 1.16 bits per heavy atom. The van der Waals surface area contributed by atoms with Crippen LogP contribution in [0.3, 0.4) is 0 Å². The van der Waals surface area contributed by atoms with E-state index in [2.05, 4.69) is 36.7 Å². The first-order valence-corrected chi connectivity index (χ1v) is 9.74. The molecule has 0 radical (unpaired) electrons. The quantitative estimate of drug-likeness (QED) is 0.645. The molecular weight excluding hydrogens is 384 g/mol. The molecule has 1 aromatic carbocycles. The van der Waals surface area contributed by atoms with E-state index in [0.717, 1.165) is 22.9 Å². The molecule has 0 N–H and O–H groups in total. The van der Waals surface area contributed by atoms with Gasteiger partial charge in [0.25, 0.3) is 0 Å². The van der Waals surface area contributed by atoms with Crippen molar-refractivity contribution in [3.8, 4) is 0 Å². The van der Waals surface area contributed by atoms with E-state index in [1.807, 2.05) is 24.3 Å². The van der Waals surface area contributed by atoms with Crippen LogP contribution in [-0.4, -0.2) is 24.6 Å². The molecule has 0 aromatic heterocycles. The molecule has 0 heterocycles. The monoisotopic (exact) mass is 410 g/mol. The highest BCUT2D eigenvalue weighted by molar-refractivity contribution is 9.10. The summed E-state index contributed by atoms with van der Waals surface area (Å²) in [5.74, 6) is 0.558. The molecule has 1 fully saturated rings. The van der Waals surface area contributed by atoms with Crippen LogP contribution in [0.1, 0.15) is 45.6 Å². The van der Waals surface area contributed by atoms with Gasteiger partial charge in [-0.1, -0.05) is 55.3 Å². The summed E-state index contributed by atoms with van der Waals surface area (Å²) in [6.07, 6.45) is 3.23. The summed E-state index contributed by atoms with van der Waals surface area (Å²) in [5.41, 5.74) is 0.850. The van der Waals surface area contributed by atoms with Gasteiger partial charge in [0.05, 0.1) is 6.42 Å². The fraction of sp³-hybridized carbons (Fsp3) is 0.600. The van der Waals surface area contributed by atoms with Gasteiger partial charge in [0, 0.05) is 4.47 Å². The highest BCUT2D eigenvalue weighted by Gasteiger charge is 2.33. The molecule has 0 saturated heterocycles. The van der Waals surface area contributed by atoms with E-state index in [1.54, 1.807) is 0 Å². The van der Waals surface area contributed by atoms with Crippen molar-refractivity contribution in [2.45, 2.75) is 52.6 Å². The average Bonchev–Trinajstić information content (AvgIpc) is 2.55. The van der Waals surface area contributed by atoms with Crippen molar-refractivity contribution in [3.63, 3.8) is 0 Å². The molecule has 0 aliphatic heterocycles. The molecule has 0 bridgehead atoms. The van der Waals surface area contributed by atoms with Crippen LogP contribution in [0.15, 0.2) is 28.7 Å². The molecule has 5 heteroatoms. The van der Waals surface area contributed by atoms with Crippen LogP contribution in [0.25, 0.3) is 0 Å². The first-order chi connectivity index (χ1) is 11.8. The second-order valence-corrected chi connectivity index (χ2v) is 8.23. The van der Waals surface area contributed by atoms with Gasteiger partial charge < -0.3 is 9.47 Å². The molecule has 25 heavy (non-hydrogen) atoms. The fourth-order valence-electron chi connectivity index (χ4n) is 3.41. The summed E-state index contributed by atoms with van der Waals surface area (Å²) >= 11 is 3.35. The zero-order valence-electron chi connectivity index (χ0n) is 15.2. The lowest BCUT2D eigenvalue weighted by atomic mass is 9.75. The van der Waals surface area contributed by atoms with Crippen molar-refractivity contribution in [3.05, 3.63) is 34.3 Å². The Morgan fingerprint density at radius 3 is 2.48 bits per heavy atom. The largest absolute Gasteiger partial charge is 0.460 e. The fourth-order valence-corrected chi connectivity index (χ4v) is 3.68. The van der Waals surface area contributed by atoms with Gasteiger partial charge in [-0.15, -0.1) is 0 Å². The van der Waals surface area contributed by atoms with Crippen LogP contribution in [0, 0.1) is 17.8 Å². The van der Waals surface area contributed by atoms with E-state index in [1.165, 1.54) is 6.42 Å². The number of ether oxygens (including phenoxy) is 2. The molecule has 1 aromatic rings. The van der Waals surface area contributed by atoms with E-state index >= 15 is 0 Å². The number of hydrogen-bond acceptors (Lipinski definition) is 4. The van der Waals surface area contributed by atoms with Gasteiger partial charge in [-0.3, -0.25) is 4.79 Å². The normalized spacial score (nSPS) is 23.3. The highest BCUT2D eigenvalue weighted by atomic mass is 79.9. The molecule has 0 spiro atoms. The predicted octanol–water partition coefficient (Wildman–Crippen LogP) is 4.54. The topological polar surface area (TPSA) is 52.6 Å². The van der Waals surface area contributed by atoms with Crippen LogP contribution in [0.4, 0.5) is 0 Å². The smallest absolute Gasteiger partial charge is 0.344 e. The minimum Gasteiger partial charge on any atom is -0.460 e. The SMILES string of the molecule is CC1CCC(C(C)C)C(OC(=O)COC(=O)Cc2ccc(Br)cc2)C1. The predicted molar refractivity (Wildman–Crippen MR) is 100 cm³/mol. The third kappa shape index (κ3) is 6.46. The van der Waals surface area contributed by atoms with Gasteiger partial charge in [-0.05, 0) is 48.3 Å². The van der Waals surface area contributed by atoms with E-state index in [4.69, 9.17) is 9.47 Å². The molecule has 1 aliphatic carbocycles. The maximum absolute atomic E-state index is 12.1. The molecule has 1 saturated carbocycles. The van der Waals surface area contributed by atoms with E-state index in [0.29, 0.717) is 17.8 Å². The lowest BCUT2D eigenvalue weighted by Gasteiger charge is -2.36. The van der Waals surface area contributed by atoms with Crippen molar-refractivity contribution < 1.29 is 19.1 Å². The third-order valence-corrected chi connectivity index (χ3v) is 5.39. The zero-order valence-corrected chi connectivity index (χ0v) is 16.8. The number of carbonyl (C=O) groups excluding carboxylic acids is 2. The molecule has 3 unspecified atom stereocenters. The minimum absolute atomic E-state index is 0.0681. The summed E-state index contributed by atoms with van der Waals surface area (Å²) in [6, 6.07) is 7.43. The van der Waals surface area contributed by atoms with Gasteiger partial charge in [0.15, 0.2) is 6.61 Å². The van der Waals surface area contributed by atoms with Crippen LogP contribution in [0.5, 0.6) is 0 Å². The van der Waals surface area contributed by atoms with Gasteiger partial charge in [0.2, 0.25) is 0 Å². The Hall–Kier alpha value is -1.36. The van der Waals surface area contributed by atoms with Crippen molar-refractivity contribution in [2.75, 3.05) is 6.61 Å². The number of carbonyl (C=O) groups is 2. The molecule has 0 amide bonds. The number of benzene rings is 1. The number of esters is 2. The van der Waals surface area contributed by atoms with Crippen LogP contribution in [-0.2, 0) is 25.5 Å². The van der Waals surface area contributed by atoms with Crippen LogP contribution in [0.2, 0.25) is 0 Å². The van der Waals surface area contributed by atoms with E-state index < -0.39 is 11.9 Å². The van der Waals surface area contributed by atoms with Crippen molar-refractivity contribution in [1.29, 1.82) is 0 Å². The molecule has 4 nitrogen and oxygen atoms in total. The van der Waals surface area contributed by atoms with Gasteiger partial charge in [-0.25, -0.2) is 4.79 Å². The summed E-state index contributed by atoms with van der Waals surface area (Å²) in [4.78, 5) is 24.0.